The molecule has 1 amide bonds. The SMILES string of the molecule is CC(C)(C)OC(=O)N1CCC(Oc2cc(Cl)ccc2Cl)CC1. The number of halogens is 2. The first-order valence-corrected chi connectivity index (χ1v) is 8.10. The van der Waals surface area contributed by atoms with Crippen molar-refractivity contribution in [1.82, 2.24) is 4.90 Å². The van der Waals surface area contributed by atoms with E-state index in [0.29, 0.717) is 28.9 Å². The third-order valence-electron chi connectivity index (χ3n) is 3.28. The summed E-state index contributed by atoms with van der Waals surface area (Å²) in [5.74, 6) is 0.588. The molecule has 0 radical (unpaired) electrons. The molecule has 0 unspecified atom stereocenters. The van der Waals surface area contributed by atoms with E-state index >= 15 is 0 Å². The fraction of sp³-hybridized carbons (Fsp3) is 0.562. The van der Waals surface area contributed by atoms with Crippen molar-refractivity contribution >= 4 is 29.3 Å². The summed E-state index contributed by atoms with van der Waals surface area (Å²) in [5.41, 5.74) is -0.473. The predicted molar refractivity (Wildman–Crippen MR) is 87.9 cm³/mol. The van der Waals surface area contributed by atoms with Crippen LogP contribution in [0, 0.1) is 0 Å². The van der Waals surface area contributed by atoms with Crippen molar-refractivity contribution in [3.63, 3.8) is 0 Å². The summed E-state index contributed by atoms with van der Waals surface area (Å²) in [6.07, 6.45) is 1.23. The lowest BCUT2D eigenvalue weighted by Crippen LogP contribution is -2.44. The number of hydrogen-bond donors (Lipinski definition) is 0. The van der Waals surface area contributed by atoms with Crippen molar-refractivity contribution in [2.75, 3.05) is 13.1 Å². The average Bonchev–Trinajstić information content (AvgIpc) is 2.42. The summed E-state index contributed by atoms with van der Waals surface area (Å²) >= 11 is 12.1. The molecule has 1 aliphatic heterocycles. The lowest BCUT2D eigenvalue weighted by Gasteiger charge is -2.33. The van der Waals surface area contributed by atoms with Crippen LogP contribution >= 0.6 is 23.2 Å². The van der Waals surface area contributed by atoms with Crippen LogP contribution in [0.15, 0.2) is 18.2 Å². The normalized spacial score (nSPS) is 16.5. The van der Waals surface area contributed by atoms with Crippen LogP contribution in [0.25, 0.3) is 0 Å². The summed E-state index contributed by atoms with van der Waals surface area (Å²) < 4.78 is 11.3. The van der Waals surface area contributed by atoms with E-state index < -0.39 is 5.60 Å². The summed E-state index contributed by atoms with van der Waals surface area (Å²) in [6.45, 7) is 6.81. The Hall–Kier alpha value is -1.13. The highest BCUT2D eigenvalue weighted by atomic mass is 35.5. The van der Waals surface area contributed by atoms with Crippen LogP contribution in [0.3, 0.4) is 0 Å². The zero-order valence-corrected chi connectivity index (χ0v) is 14.6. The van der Waals surface area contributed by atoms with Gasteiger partial charge in [-0.3, -0.25) is 0 Å². The molecule has 0 aliphatic carbocycles. The maximum absolute atomic E-state index is 12.0. The van der Waals surface area contributed by atoms with Crippen LogP contribution in [0.1, 0.15) is 33.6 Å². The molecule has 1 saturated heterocycles. The average molecular weight is 346 g/mol. The second-order valence-corrected chi connectivity index (χ2v) is 7.20. The fourth-order valence-corrected chi connectivity index (χ4v) is 2.55. The van der Waals surface area contributed by atoms with Gasteiger partial charge in [0.25, 0.3) is 0 Å². The predicted octanol–water partition coefficient (Wildman–Crippen LogP) is 4.77. The number of piperidine rings is 1. The highest BCUT2D eigenvalue weighted by Gasteiger charge is 2.27. The van der Waals surface area contributed by atoms with Gasteiger partial charge in [-0.1, -0.05) is 23.2 Å². The molecule has 1 aromatic rings. The molecular weight excluding hydrogens is 325 g/mol. The summed E-state index contributed by atoms with van der Waals surface area (Å²) in [7, 11) is 0. The molecule has 1 fully saturated rings. The number of rotatable bonds is 2. The number of carbonyl (C=O) groups is 1. The Bertz CT molecular complexity index is 535. The number of amides is 1. The second kappa shape index (κ2) is 6.97. The van der Waals surface area contributed by atoms with Crippen molar-refractivity contribution < 1.29 is 14.3 Å². The molecule has 1 aliphatic rings. The van der Waals surface area contributed by atoms with E-state index in [-0.39, 0.29) is 12.2 Å². The highest BCUT2D eigenvalue weighted by Crippen LogP contribution is 2.30. The minimum absolute atomic E-state index is 0.0228. The third-order valence-corrected chi connectivity index (χ3v) is 3.83. The lowest BCUT2D eigenvalue weighted by molar-refractivity contribution is 0.0127. The summed E-state index contributed by atoms with van der Waals surface area (Å²) in [5, 5.41) is 1.13. The van der Waals surface area contributed by atoms with Crippen LogP contribution in [0.5, 0.6) is 5.75 Å². The molecule has 0 saturated carbocycles. The van der Waals surface area contributed by atoms with Gasteiger partial charge in [0.15, 0.2) is 0 Å². The van der Waals surface area contributed by atoms with E-state index in [4.69, 9.17) is 32.7 Å². The van der Waals surface area contributed by atoms with Crippen LogP contribution in [-0.4, -0.2) is 35.8 Å². The molecule has 0 aromatic heterocycles. The molecule has 0 N–H and O–H groups in total. The van der Waals surface area contributed by atoms with E-state index in [2.05, 4.69) is 0 Å². The Morgan fingerprint density at radius 3 is 2.45 bits per heavy atom. The number of benzene rings is 1. The molecule has 4 nitrogen and oxygen atoms in total. The second-order valence-electron chi connectivity index (χ2n) is 6.36. The van der Waals surface area contributed by atoms with Gasteiger partial charge in [0.05, 0.1) is 5.02 Å². The molecule has 1 aromatic carbocycles. The Labute approximate surface area is 141 Å². The molecular formula is C16H21Cl2NO3. The summed E-state index contributed by atoms with van der Waals surface area (Å²) in [6, 6.07) is 5.15. The number of hydrogen-bond acceptors (Lipinski definition) is 3. The Morgan fingerprint density at radius 2 is 1.86 bits per heavy atom. The number of carbonyl (C=O) groups excluding carboxylic acids is 1. The molecule has 0 atom stereocenters. The highest BCUT2D eigenvalue weighted by molar-refractivity contribution is 6.34. The maximum atomic E-state index is 12.0. The van der Waals surface area contributed by atoms with Crippen LogP contribution < -0.4 is 4.74 Å². The van der Waals surface area contributed by atoms with Gasteiger partial charge in [-0.15, -0.1) is 0 Å². The van der Waals surface area contributed by atoms with Crippen molar-refractivity contribution in [2.24, 2.45) is 0 Å². The van der Waals surface area contributed by atoms with Crippen LogP contribution in [0.4, 0.5) is 4.79 Å². The largest absolute Gasteiger partial charge is 0.489 e. The lowest BCUT2D eigenvalue weighted by atomic mass is 10.1. The van der Waals surface area contributed by atoms with Gasteiger partial charge in [0.2, 0.25) is 0 Å². The van der Waals surface area contributed by atoms with Gasteiger partial charge in [0, 0.05) is 37.0 Å². The smallest absolute Gasteiger partial charge is 0.410 e. The van der Waals surface area contributed by atoms with Crippen molar-refractivity contribution in [1.29, 1.82) is 0 Å². The van der Waals surface area contributed by atoms with E-state index in [9.17, 15) is 4.79 Å². The van der Waals surface area contributed by atoms with Gasteiger partial charge >= 0.3 is 6.09 Å². The van der Waals surface area contributed by atoms with Crippen LogP contribution in [-0.2, 0) is 4.74 Å². The Kier molecular flexibility index (Phi) is 5.45. The van der Waals surface area contributed by atoms with Crippen molar-refractivity contribution in [2.45, 2.75) is 45.3 Å². The van der Waals surface area contributed by atoms with Crippen LogP contribution in [0.2, 0.25) is 10.0 Å². The minimum atomic E-state index is -0.473. The van der Waals surface area contributed by atoms with E-state index in [0.717, 1.165) is 12.8 Å². The molecule has 0 spiro atoms. The molecule has 1 heterocycles. The quantitative estimate of drug-likeness (QED) is 0.774. The van der Waals surface area contributed by atoms with Gasteiger partial charge < -0.3 is 14.4 Å². The third kappa shape index (κ3) is 4.96. The van der Waals surface area contributed by atoms with Gasteiger partial charge in [0.1, 0.15) is 17.5 Å². The first-order valence-electron chi connectivity index (χ1n) is 7.34. The standard InChI is InChI=1S/C16H21Cl2NO3/c1-16(2,3)22-15(20)19-8-6-12(7-9-19)21-14-10-11(17)4-5-13(14)18/h4-5,10,12H,6-9H2,1-3H3. The first kappa shape index (κ1) is 17.2. The first-order chi connectivity index (χ1) is 10.2. The fourth-order valence-electron chi connectivity index (χ4n) is 2.23. The Morgan fingerprint density at radius 1 is 1.23 bits per heavy atom. The molecule has 22 heavy (non-hydrogen) atoms. The minimum Gasteiger partial charge on any atom is -0.489 e. The van der Waals surface area contributed by atoms with Crippen molar-refractivity contribution in [3.05, 3.63) is 28.2 Å². The van der Waals surface area contributed by atoms with Gasteiger partial charge in [-0.25, -0.2) is 4.79 Å². The number of likely N-dealkylation sites (tertiary alicyclic amines) is 1. The summed E-state index contributed by atoms with van der Waals surface area (Å²) in [4.78, 5) is 13.7. The zero-order chi connectivity index (χ0) is 16.3. The van der Waals surface area contributed by atoms with Gasteiger partial charge in [-0.05, 0) is 32.9 Å². The number of nitrogens with zero attached hydrogens (tertiary/aromatic N) is 1. The van der Waals surface area contributed by atoms with E-state index in [1.165, 1.54) is 0 Å². The van der Waals surface area contributed by atoms with E-state index in [1.807, 2.05) is 20.8 Å². The maximum Gasteiger partial charge on any atom is 0.410 e. The zero-order valence-electron chi connectivity index (χ0n) is 13.1. The molecule has 2 rings (SSSR count). The molecule has 0 bridgehead atoms. The Balaban J connectivity index is 1.87. The topological polar surface area (TPSA) is 38.8 Å². The molecule has 122 valence electrons. The van der Waals surface area contributed by atoms with Gasteiger partial charge in [-0.2, -0.15) is 0 Å². The van der Waals surface area contributed by atoms with E-state index in [1.54, 1.807) is 23.1 Å². The van der Waals surface area contributed by atoms with Crippen molar-refractivity contribution in [3.8, 4) is 5.75 Å². The number of ether oxygens (including phenoxy) is 2. The monoisotopic (exact) mass is 345 g/mol. The molecule has 6 heteroatoms.